The monoisotopic (exact) mass is 241 g/mol. The van der Waals surface area contributed by atoms with E-state index in [9.17, 15) is 0 Å². The molecule has 0 radical (unpaired) electrons. The van der Waals surface area contributed by atoms with Gasteiger partial charge < -0.3 is 10.2 Å². The van der Waals surface area contributed by atoms with Crippen molar-refractivity contribution in [1.29, 1.82) is 0 Å². The van der Waals surface area contributed by atoms with Crippen molar-refractivity contribution in [3.8, 4) is 0 Å². The molecule has 0 fully saturated rings. The van der Waals surface area contributed by atoms with E-state index in [-0.39, 0.29) is 0 Å². The summed E-state index contributed by atoms with van der Waals surface area (Å²) in [6.45, 7) is 1.85. The first kappa shape index (κ1) is 10.3. The zero-order chi connectivity index (χ0) is 10.8. The molecule has 2 aromatic heterocycles. The molecular formula is C9H8ClN3OS. The van der Waals surface area contributed by atoms with Crippen LogP contribution in [0.4, 0.5) is 5.69 Å². The number of nitrogens with zero attached hydrogens (tertiary/aromatic N) is 2. The van der Waals surface area contributed by atoms with Crippen LogP contribution < -0.4 is 5.73 Å². The van der Waals surface area contributed by atoms with E-state index in [4.69, 9.17) is 21.8 Å². The van der Waals surface area contributed by atoms with Crippen molar-refractivity contribution in [2.75, 3.05) is 5.73 Å². The van der Waals surface area contributed by atoms with Gasteiger partial charge in [0.15, 0.2) is 0 Å². The van der Waals surface area contributed by atoms with Gasteiger partial charge in [0.2, 0.25) is 0 Å². The lowest BCUT2D eigenvalue weighted by Gasteiger charge is -2.00. The van der Waals surface area contributed by atoms with Crippen LogP contribution in [0.5, 0.6) is 0 Å². The fraction of sp³-hybridized carbons (Fsp3) is 0.111. The molecule has 0 atom stereocenters. The van der Waals surface area contributed by atoms with Gasteiger partial charge in [-0.1, -0.05) is 11.6 Å². The van der Waals surface area contributed by atoms with Crippen molar-refractivity contribution < 1.29 is 4.42 Å². The van der Waals surface area contributed by atoms with Gasteiger partial charge in [0.1, 0.15) is 16.4 Å². The Morgan fingerprint density at radius 2 is 2.20 bits per heavy atom. The molecule has 0 unspecified atom stereocenters. The summed E-state index contributed by atoms with van der Waals surface area (Å²) in [6.07, 6.45) is 1.57. The summed E-state index contributed by atoms with van der Waals surface area (Å²) in [7, 11) is 0. The Hall–Kier alpha value is -1.20. The third-order valence-electron chi connectivity index (χ3n) is 1.64. The molecule has 0 saturated carbocycles. The topological polar surface area (TPSA) is 64.9 Å². The Balaban J connectivity index is 2.27. The van der Waals surface area contributed by atoms with E-state index in [1.54, 1.807) is 18.4 Å². The molecule has 0 aliphatic carbocycles. The molecule has 0 aromatic carbocycles. The van der Waals surface area contributed by atoms with Crippen LogP contribution in [-0.4, -0.2) is 9.97 Å². The summed E-state index contributed by atoms with van der Waals surface area (Å²) in [5.74, 6) is 0. The molecule has 0 amide bonds. The second-order valence-corrected chi connectivity index (χ2v) is 4.21. The largest absolute Gasteiger partial charge is 0.439 e. The van der Waals surface area contributed by atoms with Gasteiger partial charge >= 0.3 is 0 Å². The molecule has 0 spiro atoms. The molecule has 2 heterocycles. The average Bonchev–Trinajstić information content (AvgIpc) is 2.58. The third-order valence-corrected chi connectivity index (χ3v) is 2.73. The highest BCUT2D eigenvalue weighted by molar-refractivity contribution is 7.99. The molecule has 4 nitrogen and oxygen atoms in total. The van der Waals surface area contributed by atoms with Gasteiger partial charge in [0, 0.05) is 0 Å². The predicted molar refractivity (Wildman–Crippen MR) is 59.0 cm³/mol. The zero-order valence-electron chi connectivity index (χ0n) is 7.90. The summed E-state index contributed by atoms with van der Waals surface area (Å²) < 4.78 is 5.18. The molecule has 0 saturated heterocycles. The van der Waals surface area contributed by atoms with Crippen LogP contribution in [0.15, 0.2) is 33.1 Å². The van der Waals surface area contributed by atoms with E-state index in [2.05, 4.69) is 9.97 Å². The fourth-order valence-electron chi connectivity index (χ4n) is 0.972. The van der Waals surface area contributed by atoms with Crippen LogP contribution in [0.25, 0.3) is 0 Å². The van der Waals surface area contributed by atoms with Gasteiger partial charge in [-0.15, -0.1) is 0 Å². The van der Waals surface area contributed by atoms with Crippen LogP contribution in [-0.2, 0) is 0 Å². The van der Waals surface area contributed by atoms with Gasteiger partial charge in [0.25, 0.3) is 5.22 Å². The Kier molecular flexibility index (Phi) is 2.83. The van der Waals surface area contributed by atoms with E-state index in [1.807, 2.05) is 6.92 Å². The van der Waals surface area contributed by atoms with Crippen LogP contribution in [0.2, 0.25) is 5.15 Å². The Labute approximate surface area is 95.9 Å². The number of aryl methyl sites for hydroxylation is 1. The predicted octanol–water partition coefficient (Wildman–Crippen LogP) is 2.76. The summed E-state index contributed by atoms with van der Waals surface area (Å²) >= 11 is 7.01. The molecule has 0 aliphatic heterocycles. The number of rotatable bonds is 2. The van der Waals surface area contributed by atoms with Crippen molar-refractivity contribution in [3.05, 3.63) is 29.2 Å². The van der Waals surface area contributed by atoms with Crippen LogP contribution in [0.1, 0.15) is 5.69 Å². The number of aromatic nitrogens is 2. The number of pyridine rings is 1. The molecule has 2 aromatic rings. The SMILES string of the molecule is Cc1coc(Sc2nc(Cl)ccc2N)n1. The average molecular weight is 242 g/mol. The summed E-state index contributed by atoms with van der Waals surface area (Å²) in [6, 6.07) is 3.34. The molecule has 2 N–H and O–H groups in total. The van der Waals surface area contributed by atoms with Crippen molar-refractivity contribution >= 4 is 29.1 Å². The van der Waals surface area contributed by atoms with Gasteiger partial charge in [-0.2, -0.15) is 0 Å². The van der Waals surface area contributed by atoms with Crippen molar-refractivity contribution in [2.45, 2.75) is 17.2 Å². The van der Waals surface area contributed by atoms with Crippen molar-refractivity contribution in [2.24, 2.45) is 0 Å². The number of anilines is 1. The second-order valence-electron chi connectivity index (χ2n) is 2.89. The number of hydrogen-bond acceptors (Lipinski definition) is 5. The first-order valence-corrected chi connectivity index (χ1v) is 5.36. The lowest BCUT2D eigenvalue weighted by Crippen LogP contribution is -1.91. The Morgan fingerprint density at radius 1 is 1.40 bits per heavy atom. The van der Waals surface area contributed by atoms with Crippen molar-refractivity contribution in [1.82, 2.24) is 9.97 Å². The van der Waals surface area contributed by atoms with Crippen LogP contribution >= 0.6 is 23.4 Å². The lowest BCUT2D eigenvalue weighted by atomic mass is 10.4. The highest BCUT2D eigenvalue weighted by Gasteiger charge is 2.08. The first-order valence-electron chi connectivity index (χ1n) is 4.17. The van der Waals surface area contributed by atoms with E-state index in [1.165, 1.54) is 11.8 Å². The normalized spacial score (nSPS) is 10.5. The van der Waals surface area contributed by atoms with E-state index in [0.717, 1.165) is 5.69 Å². The molecule has 15 heavy (non-hydrogen) atoms. The van der Waals surface area contributed by atoms with Crippen LogP contribution in [0, 0.1) is 6.92 Å². The summed E-state index contributed by atoms with van der Waals surface area (Å²) in [4.78, 5) is 8.22. The lowest BCUT2D eigenvalue weighted by molar-refractivity contribution is 0.454. The second kappa shape index (κ2) is 4.12. The molecule has 0 bridgehead atoms. The van der Waals surface area contributed by atoms with E-state index in [0.29, 0.717) is 21.1 Å². The number of halogens is 1. The molecule has 2 rings (SSSR count). The number of nitrogen functional groups attached to an aromatic ring is 1. The number of nitrogens with two attached hydrogens (primary N) is 1. The molecule has 0 aliphatic rings. The Morgan fingerprint density at radius 3 is 2.87 bits per heavy atom. The van der Waals surface area contributed by atoms with E-state index >= 15 is 0 Å². The molecular weight excluding hydrogens is 234 g/mol. The van der Waals surface area contributed by atoms with Crippen LogP contribution in [0.3, 0.4) is 0 Å². The highest BCUT2D eigenvalue weighted by Crippen LogP contribution is 2.30. The summed E-state index contributed by atoms with van der Waals surface area (Å²) in [5, 5.41) is 1.51. The fourth-order valence-corrected chi connectivity index (χ4v) is 1.95. The maximum Gasteiger partial charge on any atom is 0.262 e. The zero-order valence-corrected chi connectivity index (χ0v) is 9.47. The van der Waals surface area contributed by atoms with Gasteiger partial charge in [-0.25, -0.2) is 9.97 Å². The number of hydrogen-bond donors (Lipinski definition) is 1. The smallest absolute Gasteiger partial charge is 0.262 e. The van der Waals surface area contributed by atoms with Gasteiger partial charge in [0.05, 0.1) is 11.4 Å². The molecule has 78 valence electrons. The number of oxazole rings is 1. The summed E-state index contributed by atoms with van der Waals surface area (Å²) in [5.41, 5.74) is 7.11. The maximum absolute atomic E-state index is 5.76. The molecule has 6 heteroatoms. The highest BCUT2D eigenvalue weighted by atomic mass is 35.5. The van der Waals surface area contributed by atoms with Gasteiger partial charge in [-0.3, -0.25) is 0 Å². The minimum Gasteiger partial charge on any atom is -0.439 e. The minimum absolute atomic E-state index is 0.398. The maximum atomic E-state index is 5.76. The minimum atomic E-state index is 0.398. The first-order chi connectivity index (χ1) is 7.15. The quantitative estimate of drug-likeness (QED) is 0.819. The Bertz CT molecular complexity index is 486. The van der Waals surface area contributed by atoms with Crippen molar-refractivity contribution in [3.63, 3.8) is 0 Å². The van der Waals surface area contributed by atoms with Gasteiger partial charge in [-0.05, 0) is 30.8 Å². The van der Waals surface area contributed by atoms with E-state index < -0.39 is 0 Å². The standard InChI is InChI=1S/C9H8ClN3OS/c1-5-4-14-9(12-5)15-8-6(11)2-3-7(10)13-8/h2-4H,11H2,1H3. The third kappa shape index (κ3) is 2.43.